The molecule has 0 saturated heterocycles. The predicted octanol–water partition coefficient (Wildman–Crippen LogP) is 0.431. The molecule has 3 N–H and O–H groups in total. The van der Waals surface area contributed by atoms with E-state index in [0.29, 0.717) is 13.2 Å². The van der Waals surface area contributed by atoms with Crippen LogP contribution in [0.5, 0.6) is 0 Å². The molecule has 0 bridgehead atoms. The number of rotatable bonds is 5. The largest absolute Gasteiger partial charge is 0.363 e. The first kappa shape index (κ1) is 9.46. The number of nitrogens with two attached hydrogens (primary N) is 1. The first-order chi connectivity index (χ1) is 4.70. The second-order valence-electron chi connectivity index (χ2n) is 2.05. The number of hydrogen-bond donors (Lipinski definition) is 2. The molecule has 0 amide bonds. The molecule has 1 atom stereocenters. The molecule has 3 nitrogen and oxygen atoms in total. The maximum atomic E-state index is 5.30. The summed E-state index contributed by atoms with van der Waals surface area (Å²) in [5.74, 6) is 0. The molecule has 60 valence electrons. The van der Waals surface area contributed by atoms with Crippen LogP contribution >= 0.6 is 0 Å². The van der Waals surface area contributed by atoms with Gasteiger partial charge in [-0.1, -0.05) is 6.58 Å². The standard InChI is InChI=1S/C7H16N2O/c1-4-10-7(3)9-6(2)5-8/h7,9H,2,4-5,8H2,1,3H3. The van der Waals surface area contributed by atoms with E-state index in [1.807, 2.05) is 13.8 Å². The summed E-state index contributed by atoms with van der Waals surface area (Å²) in [6.45, 7) is 8.70. The topological polar surface area (TPSA) is 47.3 Å². The van der Waals surface area contributed by atoms with Gasteiger partial charge in [0.1, 0.15) is 6.23 Å². The lowest BCUT2D eigenvalue weighted by atomic mass is 10.4. The Morgan fingerprint density at radius 1 is 1.80 bits per heavy atom. The van der Waals surface area contributed by atoms with E-state index in [1.165, 1.54) is 0 Å². The van der Waals surface area contributed by atoms with Crippen molar-refractivity contribution in [3.05, 3.63) is 12.3 Å². The molecule has 0 aliphatic carbocycles. The second-order valence-corrected chi connectivity index (χ2v) is 2.05. The third kappa shape index (κ3) is 4.35. The Bertz CT molecular complexity index is 104. The monoisotopic (exact) mass is 144 g/mol. The Morgan fingerprint density at radius 3 is 2.80 bits per heavy atom. The molecule has 0 aliphatic heterocycles. The minimum absolute atomic E-state index is 0.0149. The quantitative estimate of drug-likeness (QED) is 0.550. The van der Waals surface area contributed by atoms with Gasteiger partial charge in [0.05, 0.1) is 0 Å². The first-order valence-electron chi connectivity index (χ1n) is 3.46. The van der Waals surface area contributed by atoms with Gasteiger partial charge < -0.3 is 15.8 Å². The fraction of sp³-hybridized carbons (Fsp3) is 0.714. The summed E-state index contributed by atoms with van der Waals surface area (Å²) in [5.41, 5.74) is 6.11. The molecule has 0 fully saturated rings. The van der Waals surface area contributed by atoms with Gasteiger partial charge in [0.15, 0.2) is 0 Å². The van der Waals surface area contributed by atoms with Crippen molar-refractivity contribution in [3.8, 4) is 0 Å². The second kappa shape index (κ2) is 5.26. The van der Waals surface area contributed by atoms with Crippen molar-refractivity contribution in [1.82, 2.24) is 5.32 Å². The van der Waals surface area contributed by atoms with Gasteiger partial charge in [-0.25, -0.2) is 0 Å². The summed E-state index contributed by atoms with van der Waals surface area (Å²) in [6, 6.07) is 0. The SMILES string of the molecule is C=C(CN)NC(C)OCC. The van der Waals surface area contributed by atoms with Crippen molar-refractivity contribution >= 4 is 0 Å². The van der Waals surface area contributed by atoms with Gasteiger partial charge in [0.25, 0.3) is 0 Å². The van der Waals surface area contributed by atoms with Crippen LogP contribution in [-0.4, -0.2) is 19.4 Å². The van der Waals surface area contributed by atoms with Gasteiger partial charge in [0, 0.05) is 18.8 Å². The number of hydrogen-bond acceptors (Lipinski definition) is 3. The fourth-order valence-corrected chi connectivity index (χ4v) is 0.638. The van der Waals surface area contributed by atoms with E-state index in [2.05, 4.69) is 11.9 Å². The maximum absolute atomic E-state index is 5.30. The highest BCUT2D eigenvalue weighted by atomic mass is 16.5. The van der Waals surface area contributed by atoms with Crippen LogP contribution in [0, 0.1) is 0 Å². The van der Waals surface area contributed by atoms with Gasteiger partial charge in [-0.2, -0.15) is 0 Å². The third-order valence-electron chi connectivity index (χ3n) is 1.07. The van der Waals surface area contributed by atoms with Gasteiger partial charge in [-0.05, 0) is 13.8 Å². The molecule has 0 aliphatic rings. The van der Waals surface area contributed by atoms with Crippen LogP contribution in [0.2, 0.25) is 0 Å². The summed E-state index contributed by atoms with van der Waals surface area (Å²) < 4.78 is 5.19. The molecule has 0 saturated carbocycles. The maximum Gasteiger partial charge on any atom is 0.124 e. The van der Waals surface area contributed by atoms with Crippen LogP contribution in [-0.2, 0) is 4.74 Å². The summed E-state index contributed by atoms with van der Waals surface area (Å²) >= 11 is 0. The smallest absolute Gasteiger partial charge is 0.124 e. The molecule has 0 aromatic heterocycles. The Kier molecular flexibility index (Phi) is 4.98. The lowest BCUT2D eigenvalue weighted by molar-refractivity contribution is 0.0592. The molecule has 0 spiro atoms. The highest BCUT2D eigenvalue weighted by molar-refractivity contribution is 4.92. The van der Waals surface area contributed by atoms with E-state index in [9.17, 15) is 0 Å². The minimum Gasteiger partial charge on any atom is -0.363 e. The van der Waals surface area contributed by atoms with E-state index in [-0.39, 0.29) is 6.23 Å². The van der Waals surface area contributed by atoms with Gasteiger partial charge in [0.2, 0.25) is 0 Å². The van der Waals surface area contributed by atoms with Crippen molar-refractivity contribution in [1.29, 1.82) is 0 Å². The molecule has 1 unspecified atom stereocenters. The van der Waals surface area contributed by atoms with Crippen LogP contribution in [0.25, 0.3) is 0 Å². The van der Waals surface area contributed by atoms with Gasteiger partial charge >= 0.3 is 0 Å². The third-order valence-corrected chi connectivity index (χ3v) is 1.07. The summed E-state index contributed by atoms with van der Waals surface area (Å²) in [7, 11) is 0. The van der Waals surface area contributed by atoms with Crippen molar-refractivity contribution in [3.63, 3.8) is 0 Å². The minimum atomic E-state index is 0.0149. The van der Waals surface area contributed by atoms with E-state index < -0.39 is 0 Å². The molecule has 10 heavy (non-hydrogen) atoms. The van der Waals surface area contributed by atoms with Crippen molar-refractivity contribution in [2.75, 3.05) is 13.2 Å². The summed E-state index contributed by atoms with van der Waals surface area (Å²) in [4.78, 5) is 0. The zero-order chi connectivity index (χ0) is 7.98. The van der Waals surface area contributed by atoms with E-state index in [4.69, 9.17) is 10.5 Å². The zero-order valence-corrected chi connectivity index (χ0v) is 6.68. The number of nitrogens with one attached hydrogen (secondary N) is 1. The molecule has 0 radical (unpaired) electrons. The normalized spacial score (nSPS) is 12.7. The summed E-state index contributed by atoms with van der Waals surface area (Å²) in [6.07, 6.45) is 0.0149. The van der Waals surface area contributed by atoms with Crippen LogP contribution < -0.4 is 11.1 Å². The lowest BCUT2D eigenvalue weighted by Crippen LogP contribution is -2.30. The average molecular weight is 144 g/mol. The molecule has 0 heterocycles. The lowest BCUT2D eigenvalue weighted by Gasteiger charge is -2.15. The van der Waals surface area contributed by atoms with Crippen molar-refractivity contribution < 1.29 is 4.74 Å². The molecule has 3 heteroatoms. The first-order valence-corrected chi connectivity index (χ1v) is 3.46. The molecule has 0 aromatic carbocycles. The van der Waals surface area contributed by atoms with Crippen LogP contribution in [0.3, 0.4) is 0 Å². The Hall–Kier alpha value is -0.540. The highest BCUT2D eigenvalue weighted by Crippen LogP contribution is 1.88. The molecule has 0 aromatic rings. The van der Waals surface area contributed by atoms with E-state index in [1.54, 1.807) is 0 Å². The van der Waals surface area contributed by atoms with E-state index >= 15 is 0 Å². The van der Waals surface area contributed by atoms with Crippen LogP contribution in [0.15, 0.2) is 12.3 Å². The predicted molar refractivity (Wildman–Crippen MR) is 42.4 cm³/mol. The Morgan fingerprint density at radius 2 is 2.40 bits per heavy atom. The Labute approximate surface area is 62.2 Å². The highest BCUT2D eigenvalue weighted by Gasteiger charge is 1.97. The molecular weight excluding hydrogens is 128 g/mol. The van der Waals surface area contributed by atoms with Crippen molar-refractivity contribution in [2.45, 2.75) is 20.1 Å². The molecule has 0 rings (SSSR count). The van der Waals surface area contributed by atoms with Crippen LogP contribution in [0.1, 0.15) is 13.8 Å². The Balaban J connectivity index is 3.37. The number of ether oxygens (including phenoxy) is 1. The van der Waals surface area contributed by atoms with E-state index in [0.717, 1.165) is 5.70 Å². The molecular formula is C7H16N2O. The van der Waals surface area contributed by atoms with Gasteiger partial charge in [-0.3, -0.25) is 0 Å². The average Bonchev–Trinajstić information content (AvgIpc) is 1.88. The zero-order valence-electron chi connectivity index (χ0n) is 6.68. The van der Waals surface area contributed by atoms with Crippen molar-refractivity contribution in [2.24, 2.45) is 5.73 Å². The fourth-order valence-electron chi connectivity index (χ4n) is 0.638. The summed E-state index contributed by atoms with van der Waals surface area (Å²) in [5, 5.41) is 2.99. The van der Waals surface area contributed by atoms with Crippen LogP contribution in [0.4, 0.5) is 0 Å². The van der Waals surface area contributed by atoms with Gasteiger partial charge in [-0.15, -0.1) is 0 Å².